The van der Waals surface area contributed by atoms with Crippen LogP contribution < -0.4 is 10.1 Å². The number of rotatable bonds is 5. The summed E-state index contributed by atoms with van der Waals surface area (Å²) in [5.74, 6) is 0.574. The zero-order valence-electron chi connectivity index (χ0n) is 15.9. The maximum absolute atomic E-state index is 12.7. The molecule has 2 aliphatic rings. The fourth-order valence-corrected chi connectivity index (χ4v) is 3.49. The van der Waals surface area contributed by atoms with Crippen molar-refractivity contribution in [2.45, 2.75) is 25.6 Å². The molecule has 1 spiro atoms. The van der Waals surface area contributed by atoms with Crippen LogP contribution in [-0.2, 0) is 9.47 Å². The molecule has 8 nitrogen and oxygen atoms in total. The number of carbonyl (C=O) groups is 1. The molecule has 0 unspecified atom stereocenters. The summed E-state index contributed by atoms with van der Waals surface area (Å²) in [6, 6.07) is 7.58. The molecule has 2 aromatic rings. The minimum absolute atomic E-state index is 0.0749. The van der Waals surface area contributed by atoms with E-state index in [0.29, 0.717) is 57.3 Å². The lowest BCUT2D eigenvalue weighted by Crippen LogP contribution is -2.47. The molecule has 0 saturated carbocycles. The molecular formula is C20H24N4O4. The van der Waals surface area contributed by atoms with Crippen molar-refractivity contribution in [3.63, 3.8) is 0 Å². The van der Waals surface area contributed by atoms with Crippen LogP contribution in [0.2, 0.25) is 0 Å². The van der Waals surface area contributed by atoms with Crippen molar-refractivity contribution in [2.75, 3.05) is 38.2 Å². The van der Waals surface area contributed by atoms with Crippen molar-refractivity contribution in [1.82, 2.24) is 14.9 Å². The number of nitrogens with zero attached hydrogens (tertiary/aromatic N) is 3. The van der Waals surface area contributed by atoms with Crippen molar-refractivity contribution in [3.05, 3.63) is 42.2 Å². The summed E-state index contributed by atoms with van der Waals surface area (Å²) >= 11 is 0. The Morgan fingerprint density at radius 3 is 2.54 bits per heavy atom. The van der Waals surface area contributed by atoms with Crippen molar-refractivity contribution >= 4 is 17.5 Å². The van der Waals surface area contributed by atoms with Crippen molar-refractivity contribution in [3.8, 4) is 5.75 Å². The third-order valence-corrected chi connectivity index (χ3v) is 4.96. The number of anilines is 2. The van der Waals surface area contributed by atoms with E-state index in [1.54, 1.807) is 17.3 Å². The van der Waals surface area contributed by atoms with Crippen LogP contribution >= 0.6 is 0 Å². The number of hydrogen-bond acceptors (Lipinski definition) is 7. The summed E-state index contributed by atoms with van der Waals surface area (Å²) < 4.78 is 17.0. The molecule has 0 atom stereocenters. The number of para-hydroxylation sites is 2. The summed E-state index contributed by atoms with van der Waals surface area (Å²) in [5, 5.41) is 3.13. The molecule has 2 saturated heterocycles. The molecular weight excluding hydrogens is 360 g/mol. The number of ether oxygens (including phenoxy) is 3. The van der Waals surface area contributed by atoms with E-state index in [-0.39, 0.29) is 5.91 Å². The molecule has 148 valence electrons. The SMILES string of the molecule is CCOc1ccccc1Nc1ncc(C(=O)N2CCC3(CC2)OCCO3)cn1. The minimum Gasteiger partial charge on any atom is -0.492 e. The predicted octanol–water partition coefficient (Wildman–Crippen LogP) is 2.60. The Labute approximate surface area is 163 Å². The number of aromatic nitrogens is 2. The van der Waals surface area contributed by atoms with Gasteiger partial charge in [0.05, 0.1) is 31.1 Å². The first-order valence-electron chi connectivity index (χ1n) is 9.57. The van der Waals surface area contributed by atoms with Crippen LogP contribution in [0.25, 0.3) is 0 Å². The summed E-state index contributed by atoms with van der Waals surface area (Å²) in [6.07, 6.45) is 4.47. The molecule has 2 fully saturated rings. The van der Waals surface area contributed by atoms with E-state index in [1.807, 2.05) is 31.2 Å². The lowest BCUT2D eigenvalue weighted by molar-refractivity contribution is -0.181. The highest BCUT2D eigenvalue weighted by atomic mass is 16.7. The maximum Gasteiger partial charge on any atom is 0.256 e. The van der Waals surface area contributed by atoms with Gasteiger partial charge in [-0.3, -0.25) is 4.79 Å². The number of benzene rings is 1. The number of piperidine rings is 1. The van der Waals surface area contributed by atoms with E-state index in [4.69, 9.17) is 14.2 Å². The van der Waals surface area contributed by atoms with Gasteiger partial charge in [-0.1, -0.05) is 12.1 Å². The first-order chi connectivity index (χ1) is 13.7. The zero-order chi connectivity index (χ0) is 19.4. The van der Waals surface area contributed by atoms with Gasteiger partial charge in [0.2, 0.25) is 5.95 Å². The molecule has 1 aromatic carbocycles. The van der Waals surface area contributed by atoms with Crippen LogP contribution in [0, 0.1) is 0 Å². The molecule has 0 radical (unpaired) electrons. The van der Waals surface area contributed by atoms with E-state index in [1.165, 1.54) is 0 Å². The Morgan fingerprint density at radius 2 is 1.86 bits per heavy atom. The third kappa shape index (κ3) is 3.93. The van der Waals surface area contributed by atoms with E-state index in [2.05, 4.69) is 15.3 Å². The first kappa shape index (κ1) is 18.6. The molecule has 0 aliphatic carbocycles. The normalized spacial score (nSPS) is 18.2. The fourth-order valence-electron chi connectivity index (χ4n) is 3.49. The standard InChI is InChI=1S/C20H24N4O4/c1-2-26-17-6-4-3-5-16(17)23-19-21-13-15(14-22-19)18(25)24-9-7-20(8-10-24)27-11-12-28-20/h3-6,13-14H,2,7-12H2,1H3,(H,21,22,23). The highest BCUT2D eigenvalue weighted by Crippen LogP contribution is 2.31. The van der Waals surface area contributed by atoms with Gasteiger partial charge in [0.15, 0.2) is 5.79 Å². The largest absolute Gasteiger partial charge is 0.492 e. The molecule has 3 heterocycles. The third-order valence-electron chi connectivity index (χ3n) is 4.96. The van der Waals surface area contributed by atoms with Gasteiger partial charge in [-0.15, -0.1) is 0 Å². The second-order valence-corrected chi connectivity index (χ2v) is 6.75. The zero-order valence-corrected chi connectivity index (χ0v) is 15.9. The van der Waals surface area contributed by atoms with Gasteiger partial charge < -0.3 is 24.4 Å². The first-order valence-corrected chi connectivity index (χ1v) is 9.57. The highest BCUT2D eigenvalue weighted by molar-refractivity contribution is 5.93. The number of amides is 1. The Morgan fingerprint density at radius 1 is 1.18 bits per heavy atom. The number of carbonyl (C=O) groups excluding carboxylic acids is 1. The van der Waals surface area contributed by atoms with Gasteiger partial charge in [-0.2, -0.15) is 0 Å². The van der Waals surface area contributed by atoms with Gasteiger partial charge in [-0.05, 0) is 19.1 Å². The molecule has 1 aromatic heterocycles. The topological polar surface area (TPSA) is 85.8 Å². The van der Waals surface area contributed by atoms with Crippen molar-refractivity contribution in [2.24, 2.45) is 0 Å². The average Bonchev–Trinajstić information content (AvgIpc) is 3.18. The van der Waals surface area contributed by atoms with Gasteiger partial charge in [0.25, 0.3) is 5.91 Å². The Balaban J connectivity index is 1.39. The van der Waals surface area contributed by atoms with Crippen molar-refractivity contribution in [1.29, 1.82) is 0 Å². The van der Waals surface area contributed by atoms with Gasteiger partial charge in [0.1, 0.15) is 5.75 Å². The Bertz CT molecular complexity index is 811. The van der Waals surface area contributed by atoms with Crippen LogP contribution in [0.4, 0.5) is 11.6 Å². The highest BCUT2D eigenvalue weighted by Gasteiger charge is 2.40. The second-order valence-electron chi connectivity index (χ2n) is 6.75. The summed E-state index contributed by atoms with van der Waals surface area (Å²) in [4.78, 5) is 23.1. The molecule has 1 N–H and O–H groups in total. The number of likely N-dealkylation sites (tertiary alicyclic amines) is 1. The smallest absolute Gasteiger partial charge is 0.256 e. The molecule has 8 heteroatoms. The minimum atomic E-state index is -0.491. The van der Waals surface area contributed by atoms with E-state index in [0.717, 1.165) is 11.4 Å². The predicted molar refractivity (Wildman–Crippen MR) is 103 cm³/mol. The molecule has 4 rings (SSSR count). The van der Waals surface area contributed by atoms with Crippen molar-refractivity contribution < 1.29 is 19.0 Å². The number of nitrogens with one attached hydrogen (secondary N) is 1. The van der Waals surface area contributed by atoms with Crippen LogP contribution in [-0.4, -0.2) is 59.5 Å². The monoisotopic (exact) mass is 384 g/mol. The molecule has 2 aliphatic heterocycles. The molecule has 0 bridgehead atoms. The molecule has 1 amide bonds. The van der Waals surface area contributed by atoms with Gasteiger partial charge >= 0.3 is 0 Å². The summed E-state index contributed by atoms with van der Waals surface area (Å²) in [5.41, 5.74) is 1.24. The second kappa shape index (κ2) is 8.12. The van der Waals surface area contributed by atoms with Gasteiger partial charge in [0, 0.05) is 38.3 Å². The fraction of sp³-hybridized carbons (Fsp3) is 0.450. The van der Waals surface area contributed by atoms with Crippen LogP contribution in [0.5, 0.6) is 5.75 Å². The van der Waals surface area contributed by atoms with E-state index >= 15 is 0 Å². The Kier molecular flexibility index (Phi) is 5.40. The van der Waals surface area contributed by atoms with Crippen LogP contribution in [0.1, 0.15) is 30.1 Å². The average molecular weight is 384 g/mol. The number of hydrogen-bond donors (Lipinski definition) is 1. The lowest BCUT2D eigenvalue weighted by Gasteiger charge is -2.37. The van der Waals surface area contributed by atoms with E-state index < -0.39 is 5.79 Å². The van der Waals surface area contributed by atoms with Crippen LogP contribution in [0.15, 0.2) is 36.7 Å². The van der Waals surface area contributed by atoms with Crippen LogP contribution in [0.3, 0.4) is 0 Å². The van der Waals surface area contributed by atoms with Gasteiger partial charge in [-0.25, -0.2) is 9.97 Å². The quantitative estimate of drug-likeness (QED) is 0.848. The summed E-state index contributed by atoms with van der Waals surface area (Å²) in [6.45, 7) is 4.95. The maximum atomic E-state index is 12.7. The Hall–Kier alpha value is -2.71. The summed E-state index contributed by atoms with van der Waals surface area (Å²) in [7, 11) is 0. The van der Waals surface area contributed by atoms with E-state index in [9.17, 15) is 4.79 Å². The molecule has 28 heavy (non-hydrogen) atoms. The lowest BCUT2D eigenvalue weighted by atomic mass is 10.0.